The lowest BCUT2D eigenvalue weighted by atomic mass is 10.1. The Morgan fingerprint density at radius 2 is 1.81 bits per heavy atom. The molecule has 0 fully saturated rings. The van der Waals surface area contributed by atoms with Gasteiger partial charge in [0.05, 0.1) is 13.2 Å². The third-order valence-corrected chi connectivity index (χ3v) is 2.85. The van der Waals surface area contributed by atoms with Gasteiger partial charge in [0.2, 0.25) is 5.76 Å². The lowest BCUT2D eigenvalue weighted by molar-refractivity contribution is 0.0558. The quantitative estimate of drug-likeness (QED) is 0.857. The number of benzene rings is 1. The molecule has 1 aromatic heterocycles. The summed E-state index contributed by atoms with van der Waals surface area (Å²) in [5.41, 5.74) is 0.650. The van der Waals surface area contributed by atoms with E-state index in [1.54, 1.807) is 30.3 Å². The normalized spacial score (nSPS) is 12.2. The van der Waals surface area contributed by atoms with Gasteiger partial charge in [0.15, 0.2) is 0 Å². The molecule has 2 aromatic rings. The molecule has 2 rings (SSSR count). The van der Waals surface area contributed by atoms with Gasteiger partial charge in [0.1, 0.15) is 17.6 Å². The highest BCUT2D eigenvalue weighted by Crippen LogP contribution is 2.26. The minimum Gasteiger partial charge on any atom is -0.491 e. The van der Waals surface area contributed by atoms with Gasteiger partial charge in [-0.1, -0.05) is 12.1 Å². The first kappa shape index (κ1) is 15.1. The van der Waals surface area contributed by atoms with Crippen molar-refractivity contribution >= 4 is 5.97 Å². The van der Waals surface area contributed by atoms with Gasteiger partial charge >= 0.3 is 5.97 Å². The molecule has 112 valence electrons. The summed E-state index contributed by atoms with van der Waals surface area (Å²) >= 11 is 0. The van der Waals surface area contributed by atoms with Crippen molar-refractivity contribution in [1.82, 2.24) is 0 Å². The summed E-state index contributed by atoms with van der Waals surface area (Å²) in [6, 6.07) is 10.1. The SMILES string of the molecule is COC(=O)c1ccc(C(O)c2ccc(OC(C)C)cc2)o1. The number of carbonyl (C=O) groups excluding carboxylic acids is 1. The Hall–Kier alpha value is -2.27. The Morgan fingerprint density at radius 1 is 1.14 bits per heavy atom. The second-order valence-corrected chi connectivity index (χ2v) is 4.83. The molecular formula is C16H18O5. The maximum absolute atomic E-state index is 11.3. The van der Waals surface area contributed by atoms with E-state index in [9.17, 15) is 9.90 Å². The van der Waals surface area contributed by atoms with Gasteiger partial charge in [-0.05, 0) is 43.7 Å². The first-order chi connectivity index (χ1) is 10.0. The van der Waals surface area contributed by atoms with Gasteiger partial charge in [-0.2, -0.15) is 0 Å². The van der Waals surface area contributed by atoms with Crippen molar-refractivity contribution in [2.75, 3.05) is 7.11 Å². The molecule has 1 heterocycles. The van der Waals surface area contributed by atoms with Crippen LogP contribution in [0.15, 0.2) is 40.8 Å². The zero-order valence-electron chi connectivity index (χ0n) is 12.2. The first-order valence-electron chi connectivity index (χ1n) is 6.64. The molecular weight excluding hydrogens is 272 g/mol. The number of hydrogen-bond acceptors (Lipinski definition) is 5. The molecule has 1 N–H and O–H groups in total. The minimum atomic E-state index is -0.948. The maximum atomic E-state index is 11.3. The molecule has 0 aliphatic rings. The maximum Gasteiger partial charge on any atom is 0.373 e. The summed E-state index contributed by atoms with van der Waals surface area (Å²) in [5, 5.41) is 10.2. The Balaban J connectivity index is 2.14. The van der Waals surface area contributed by atoms with Crippen molar-refractivity contribution in [3.8, 4) is 5.75 Å². The smallest absolute Gasteiger partial charge is 0.373 e. The summed E-state index contributed by atoms with van der Waals surface area (Å²) < 4.78 is 15.4. The Bertz CT molecular complexity index is 597. The third kappa shape index (κ3) is 3.64. The van der Waals surface area contributed by atoms with Crippen LogP contribution in [0.25, 0.3) is 0 Å². The molecule has 1 aromatic carbocycles. The highest BCUT2D eigenvalue weighted by molar-refractivity contribution is 5.86. The van der Waals surface area contributed by atoms with Crippen molar-refractivity contribution in [1.29, 1.82) is 0 Å². The van der Waals surface area contributed by atoms with Crippen LogP contribution in [0.1, 0.15) is 41.8 Å². The van der Waals surface area contributed by atoms with E-state index in [4.69, 9.17) is 9.15 Å². The van der Waals surface area contributed by atoms with E-state index in [2.05, 4.69) is 4.74 Å². The second-order valence-electron chi connectivity index (χ2n) is 4.83. The molecule has 1 atom stereocenters. The number of methoxy groups -OCH3 is 1. The van der Waals surface area contributed by atoms with Gasteiger partial charge < -0.3 is 19.0 Å². The summed E-state index contributed by atoms with van der Waals surface area (Å²) in [5.74, 6) is 0.504. The zero-order valence-corrected chi connectivity index (χ0v) is 12.2. The number of hydrogen-bond donors (Lipinski definition) is 1. The van der Waals surface area contributed by atoms with Crippen LogP contribution in [0.5, 0.6) is 5.75 Å². The van der Waals surface area contributed by atoms with Crippen molar-refractivity contribution in [3.63, 3.8) is 0 Å². The van der Waals surface area contributed by atoms with Gasteiger partial charge in [0.25, 0.3) is 0 Å². The predicted octanol–water partition coefficient (Wildman–Crippen LogP) is 2.94. The monoisotopic (exact) mass is 290 g/mol. The topological polar surface area (TPSA) is 68.9 Å². The second kappa shape index (κ2) is 6.45. The molecule has 1 unspecified atom stereocenters. The standard InChI is InChI=1S/C16H18O5/c1-10(2)20-12-6-4-11(5-7-12)15(17)13-8-9-14(21-13)16(18)19-3/h4-10,15,17H,1-3H3. The van der Waals surface area contributed by atoms with Crippen LogP contribution in [-0.4, -0.2) is 24.3 Å². The average Bonchev–Trinajstić information content (AvgIpc) is 2.95. The van der Waals surface area contributed by atoms with E-state index in [1.807, 2.05) is 13.8 Å². The fourth-order valence-electron chi connectivity index (χ4n) is 1.88. The molecule has 5 nitrogen and oxygen atoms in total. The van der Waals surface area contributed by atoms with Gasteiger partial charge in [-0.15, -0.1) is 0 Å². The molecule has 0 amide bonds. The molecule has 0 saturated heterocycles. The molecule has 0 aliphatic carbocycles. The number of aliphatic hydroxyl groups is 1. The fraction of sp³-hybridized carbons (Fsp3) is 0.312. The Kier molecular flexibility index (Phi) is 4.65. The number of esters is 1. The van der Waals surface area contributed by atoms with Crippen molar-refractivity contribution < 1.29 is 23.8 Å². The van der Waals surface area contributed by atoms with E-state index in [-0.39, 0.29) is 17.6 Å². The number of rotatable bonds is 5. The zero-order chi connectivity index (χ0) is 15.4. The van der Waals surface area contributed by atoms with Crippen LogP contribution < -0.4 is 4.74 Å². The van der Waals surface area contributed by atoms with Crippen molar-refractivity contribution in [2.24, 2.45) is 0 Å². The predicted molar refractivity (Wildman–Crippen MR) is 76.3 cm³/mol. The van der Waals surface area contributed by atoms with Crippen molar-refractivity contribution in [3.05, 3.63) is 53.5 Å². The van der Waals surface area contributed by atoms with Gasteiger partial charge in [-0.25, -0.2) is 4.79 Å². The average molecular weight is 290 g/mol. The van der Waals surface area contributed by atoms with Gasteiger partial charge in [0, 0.05) is 0 Å². The third-order valence-electron chi connectivity index (χ3n) is 2.85. The molecule has 5 heteroatoms. The molecule has 0 saturated carbocycles. The summed E-state index contributed by atoms with van der Waals surface area (Å²) in [6.45, 7) is 3.89. The van der Waals surface area contributed by atoms with E-state index < -0.39 is 12.1 Å². The van der Waals surface area contributed by atoms with E-state index in [1.165, 1.54) is 13.2 Å². The van der Waals surface area contributed by atoms with E-state index >= 15 is 0 Å². The van der Waals surface area contributed by atoms with Crippen LogP contribution >= 0.6 is 0 Å². The number of furan rings is 1. The summed E-state index contributed by atoms with van der Waals surface area (Å²) in [6.07, 6.45) is -0.857. The number of aliphatic hydroxyl groups excluding tert-OH is 1. The molecule has 0 radical (unpaired) electrons. The van der Waals surface area contributed by atoms with Gasteiger partial charge in [-0.3, -0.25) is 0 Å². The summed E-state index contributed by atoms with van der Waals surface area (Å²) in [7, 11) is 1.27. The number of ether oxygens (including phenoxy) is 2. The van der Waals surface area contributed by atoms with E-state index in [0.717, 1.165) is 5.75 Å². The Labute approximate surface area is 123 Å². The van der Waals surface area contributed by atoms with Crippen LogP contribution in [0.4, 0.5) is 0 Å². The molecule has 21 heavy (non-hydrogen) atoms. The molecule has 0 spiro atoms. The summed E-state index contributed by atoms with van der Waals surface area (Å²) in [4.78, 5) is 11.3. The van der Waals surface area contributed by atoms with Crippen LogP contribution in [0.2, 0.25) is 0 Å². The van der Waals surface area contributed by atoms with Crippen molar-refractivity contribution in [2.45, 2.75) is 26.1 Å². The first-order valence-corrected chi connectivity index (χ1v) is 6.64. The largest absolute Gasteiger partial charge is 0.491 e. The Morgan fingerprint density at radius 3 is 2.38 bits per heavy atom. The lowest BCUT2D eigenvalue weighted by Crippen LogP contribution is -2.05. The highest BCUT2D eigenvalue weighted by Gasteiger charge is 2.18. The van der Waals surface area contributed by atoms with Crippen LogP contribution in [-0.2, 0) is 4.74 Å². The van der Waals surface area contributed by atoms with E-state index in [0.29, 0.717) is 5.56 Å². The lowest BCUT2D eigenvalue weighted by Gasteiger charge is -2.12. The highest BCUT2D eigenvalue weighted by atomic mass is 16.5. The van der Waals surface area contributed by atoms with Crippen LogP contribution in [0, 0.1) is 0 Å². The van der Waals surface area contributed by atoms with Crippen LogP contribution in [0.3, 0.4) is 0 Å². The fourth-order valence-corrected chi connectivity index (χ4v) is 1.88. The molecule has 0 bridgehead atoms. The number of carbonyl (C=O) groups is 1. The molecule has 0 aliphatic heterocycles. The minimum absolute atomic E-state index is 0.0614.